The minimum atomic E-state index is -0.524. The number of hydrogen-bond acceptors (Lipinski definition) is 3. The summed E-state index contributed by atoms with van der Waals surface area (Å²) < 4.78 is 0.896. The third kappa shape index (κ3) is 3.91. The first-order valence-corrected chi connectivity index (χ1v) is 8.99. The second-order valence-corrected chi connectivity index (χ2v) is 6.76. The largest absolute Gasteiger partial charge is 0.303 e. The Bertz CT molecular complexity index is 945. The van der Waals surface area contributed by atoms with E-state index in [9.17, 15) is 14.9 Å². The van der Waals surface area contributed by atoms with Crippen molar-refractivity contribution in [2.45, 2.75) is 6.54 Å². The number of halogens is 1. The summed E-state index contributed by atoms with van der Waals surface area (Å²) in [5.74, 6) is -0.398. The van der Waals surface area contributed by atoms with Gasteiger partial charge in [-0.25, -0.2) is 0 Å². The van der Waals surface area contributed by atoms with Crippen molar-refractivity contribution in [2.75, 3.05) is 4.90 Å². The zero-order valence-electron chi connectivity index (χ0n) is 13.7. The fraction of sp³-hybridized carbons (Fsp3) is 0.0500. The molecule has 5 nitrogen and oxygen atoms in total. The Kier molecular flexibility index (Phi) is 5.62. The van der Waals surface area contributed by atoms with E-state index in [1.807, 2.05) is 54.6 Å². The van der Waals surface area contributed by atoms with Crippen molar-refractivity contribution in [1.82, 2.24) is 0 Å². The molecule has 6 heteroatoms. The van der Waals surface area contributed by atoms with Crippen LogP contribution in [-0.4, -0.2) is 10.8 Å². The van der Waals surface area contributed by atoms with E-state index in [4.69, 9.17) is 0 Å². The molecular formula is C20H15IN2O3. The van der Waals surface area contributed by atoms with Gasteiger partial charge in [0.15, 0.2) is 0 Å². The van der Waals surface area contributed by atoms with Crippen molar-refractivity contribution in [3.05, 3.63) is 104 Å². The zero-order valence-corrected chi connectivity index (χ0v) is 15.9. The van der Waals surface area contributed by atoms with Crippen LogP contribution < -0.4 is 4.90 Å². The number of hydrogen-bond donors (Lipinski definition) is 0. The van der Waals surface area contributed by atoms with Gasteiger partial charge in [-0.15, -0.1) is 0 Å². The average Bonchev–Trinajstić information content (AvgIpc) is 2.67. The van der Waals surface area contributed by atoms with Gasteiger partial charge in [0.25, 0.3) is 11.6 Å². The summed E-state index contributed by atoms with van der Waals surface area (Å²) in [6, 6.07) is 23.1. The molecule has 3 aromatic rings. The van der Waals surface area contributed by atoms with E-state index < -0.39 is 10.8 Å². The Labute approximate surface area is 164 Å². The Morgan fingerprint density at radius 1 is 0.923 bits per heavy atom. The molecule has 0 aromatic heterocycles. The quantitative estimate of drug-likeness (QED) is 0.306. The molecule has 0 fully saturated rings. The van der Waals surface area contributed by atoms with E-state index >= 15 is 0 Å². The van der Waals surface area contributed by atoms with Gasteiger partial charge in [0.1, 0.15) is 5.56 Å². The smallest absolute Gasteiger partial charge is 0.282 e. The molecule has 3 aromatic carbocycles. The topological polar surface area (TPSA) is 63.4 Å². The van der Waals surface area contributed by atoms with Crippen LogP contribution in [0.5, 0.6) is 0 Å². The Balaban J connectivity index is 2.08. The van der Waals surface area contributed by atoms with Gasteiger partial charge in [-0.1, -0.05) is 54.6 Å². The minimum absolute atomic E-state index is 0.0769. The van der Waals surface area contributed by atoms with Crippen LogP contribution in [0.25, 0.3) is 0 Å². The van der Waals surface area contributed by atoms with E-state index in [2.05, 4.69) is 22.6 Å². The fourth-order valence-electron chi connectivity index (χ4n) is 2.66. The highest BCUT2D eigenvalue weighted by molar-refractivity contribution is 14.1. The van der Waals surface area contributed by atoms with Gasteiger partial charge in [0.05, 0.1) is 17.2 Å². The van der Waals surface area contributed by atoms with Crippen LogP contribution in [0.4, 0.5) is 11.4 Å². The molecule has 0 radical (unpaired) electrons. The lowest BCUT2D eigenvalue weighted by molar-refractivity contribution is -0.385. The van der Waals surface area contributed by atoms with E-state index in [0.29, 0.717) is 6.54 Å². The molecule has 0 spiro atoms. The van der Waals surface area contributed by atoms with Gasteiger partial charge >= 0.3 is 0 Å². The first kappa shape index (κ1) is 18.1. The number of carbonyl (C=O) groups excluding carboxylic acids is 1. The lowest BCUT2D eigenvalue weighted by atomic mass is 10.1. The third-order valence-electron chi connectivity index (χ3n) is 3.90. The number of amides is 1. The van der Waals surface area contributed by atoms with E-state index in [1.165, 1.54) is 12.1 Å². The molecule has 0 saturated carbocycles. The fourth-order valence-corrected chi connectivity index (χ4v) is 3.34. The predicted molar refractivity (Wildman–Crippen MR) is 109 cm³/mol. The number of nitro benzene ring substituents is 1. The van der Waals surface area contributed by atoms with Gasteiger partial charge < -0.3 is 4.90 Å². The van der Waals surface area contributed by atoms with Crippen LogP contribution in [0, 0.1) is 13.7 Å². The molecular weight excluding hydrogens is 443 g/mol. The Morgan fingerprint density at radius 3 is 2.23 bits per heavy atom. The SMILES string of the molecule is O=C(c1ccccc1[N+](=O)[O-])N(Cc1ccccc1)c1ccccc1I. The van der Waals surface area contributed by atoms with Crippen LogP contribution in [0.15, 0.2) is 78.9 Å². The summed E-state index contributed by atoms with van der Waals surface area (Å²) in [4.78, 5) is 25.6. The Morgan fingerprint density at radius 2 is 1.54 bits per heavy atom. The number of nitrogens with zero attached hydrogens (tertiary/aromatic N) is 2. The number of carbonyl (C=O) groups is 1. The summed E-state index contributed by atoms with van der Waals surface area (Å²) in [7, 11) is 0. The van der Waals surface area contributed by atoms with Crippen LogP contribution in [-0.2, 0) is 6.54 Å². The molecule has 130 valence electrons. The molecule has 0 N–H and O–H groups in total. The maximum atomic E-state index is 13.2. The maximum Gasteiger partial charge on any atom is 0.282 e. The molecule has 1 amide bonds. The second kappa shape index (κ2) is 8.09. The van der Waals surface area contributed by atoms with Gasteiger partial charge in [-0.3, -0.25) is 14.9 Å². The molecule has 0 unspecified atom stereocenters. The Hall–Kier alpha value is -2.74. The van der Waals surface area contributed by atoms with Crippen molar-refractivity contribution in [1.29, 1.82) is 0 Å². The number of benzene rings is 3. The highest BCUT2D eigenvalue weighted by Gasteiger charge is 2.26. The molecule has 26 heavy (non-hydrogen) atoms. The van der Waals surface area contributed by atoms with Gasteiger partial charge in [0, 0.05) is 9.64 Å². The molecule has 0 bridgehead atoms. The van der Waals surface area contributed by atoms with Crippen molar-refractivity contribution in [3.63, 3.8) is 0 Å². The van der Waals surface area contributed by atoms with Crippen LogP contribution in [0.1, 0.15) is 15.9 Å². The van der Waals surface area contributed by atoms with Gasteiger partial charge in [-0.05, 0) is 46.4 Å². The number of nitro groups is 1. The monoisotopic (exact) mass is 458 g/mol. The number of para-hydroxylation sites is 2. The minimum Gasteiger partial charge on any atom is -0.303 e. The van der Waals surface area contributed by atoms with Crippen molar-refractivity contribution in [3.8, 4) is 0 Å². The zero-order chi connectivity index (χ0) is 18.5. The highest BCUT2D eigenvalue weighted by atomic mass is 127. The first-order valence-electron chi connectivity index (χ1n) is 7.91. The van der Waals surface area contributed by atoms with Crippen LogP contribution >= 0.6 is 22.6 Å². The molecule has 0 aliphatic carbocycles. The van der Waals surface area contributed by atoms with Crippen molar-refractivity contribution < 1.29 is 9.72 Å². The summed E-state index contributed by atoms with van der Waals surface area (Å²) >= 11 is 2.17. The maximum absolute atomic E-state index is 13.2. The molecule has 0 atom stereocenters. The van der Waals surface area contributed by atoms with Crippen LogP contribution in [0.3, 0.4) is 0 Å². The van der Waals surface area contributed by atoms with E-state index in [-0.39, 0.29) is 11.3 Å². The summed E-state index contributed by atoms with van der Waals surface area (Å²) in [6.45, 7) is 0.325. The third-order valence-corrected chi connectivity index (χ3v) is 4.82. The van der Waals surface area contributed by atoms with Crippen molar-refractivity contribution >= 4 is 39.9 Å². The molecule has 3 rings (SSSR count). The standard InChI is InChI=1S/C20H15IN2O3/c21-17-11-5-7-13-19(17)22(14-15-8-2-1-3-9-15)20(24)16-10-4-6-12-18(16)23(25)26/h1-13H,14H2. The van der Waals surface area contributed by atoms with E-state index in [1.54, 1.807) is 17.0 Å². The summed E-state index contributed by atoms with van der Waals surface area (Å²) in [5.41, 5.74) is 1.55. The summed E-state index contributed by atoms with van der Waals surface area (Å²) in [5, 5.41) is 11.3. The molecule has 0 aliphatic rings. The van der Waals surface area contributed by atoms with Gasteiger partial charge in [-0.2, -0.15) is 0 Å². The highest BCUT2D eigenvalue weighted by Crippen LogP contribution is 2.28. The van der Waals surface area contributed by atoms with Crippen molar-refractivity contribution in [2.24, 2.45) is 0 Å². The lowest BCUT2D eigenvalue weighted by Crippen LogP contribution is -2.31. The summed E-state index contributed by atoms with van der Waals surface area (Å²) in [6.07, 6.45) is 0. The molecule has 0 heterocycles. The molecule has 0 aliphatic heterocycles. The number of anilines is 1. The van der Waals surface area contributed by atoms with Gasteiger partial charge in [0.2, 0.25) is 0 Å². The molecule has 0 saturated heterocycles. The first-order chi connectivity index (χ1) is 12.6. The van der Waals surface area contributed by atoms with E-state index in [0.717, 1.165) is 14.8 Å². The normalized spacial score (nSPS) is 10.3. The predicted octanol–water partition coefficient (Wildman–Crippen LogP) is 5.05. The second-order valence-electron chi connectivity index (χ2n) is 5.60. The average molecular weight is 458 g/mol. The lowest BCUT2D eigenvalue weighted by Gasteiger charge is -2.24. The number of rotatable bonds is 5. The van der Waals surface area contributed by atoms with Crippen LogP contribution in [0.2, 0.25) is 0 Å².